The van der Waals surface area contributed by atoms with Crippen molar-refractivity contribution in [1.82, 2.24) is 5.32 Å². The van der Waals surface area contributed by atoms with E-state index in [0.29, 0.717) is 19.6 Å². The first-order valence-corrected chi connectivity index (χ1v) is 16.8. The Hall–Kier alpha value is -2.75. The van der Waals surface area contributed by atoms with Crippen molar-refractivity contribution in [1.29, 1.82) is 5.26 Å². The number of ether oxygens (including phenoxy) is 1. The number of carbonyl (C=O) groups excluding carboxylic acids is 4. The number of allylic oxidation sites excluding steroid dienone is 4. The van der Waals surface area contributed by atoms with Crippen molar-refractivity contribution in [2.24, 2.45) is 50.2 Å². The maximum atomic E-state index is 14.6. The molecular weight excluding hydrogens is 552 g/mol. The number of carbonyl (C=O) groups is 4. The summed E-state index contributed by atoms with van der Waals surface area (Å²) >= 11 is 0. The molecule has 5 aliphatic rings. The van der Waals surface area contributed by atoms with Gasteiger partial charge < -0.3 is 10.1 Å². The van der Waals surface area contributed by atoms with E-state index in [1.54, 1.807) is 6.92 Å². The van der Waals surface area contributed by atoms with Crippen molar-refractivity contribution in [3.8, 4) is 6.07 Å². The SMILES string of the molecule is CCOC(=O)CCCNC(=O)[C@]12CCC(C)(C)C[C@H]1[C@H]1C(=O)C=C3[C@@]4(C)C=C(C#N)C(=O)C(C)(C)[C@@H]4CC[C@@]3(C)[C@]1(C)CC2. The van der Waals surface area contributed by atoms with Crippen LogP contribution in [-0.2, 0) is 23.9 Å². The summed E-state index contributed by atoms with van der Waals surface area (Å²) in [6, 6.07) is 2.18. The lowest BCUT2D eigenvalue weighted by atomic mass is 9.34. The summed E-state index contributed by atoms with van der Waals surface area (Å²) < 4.78 is 5.05. The average molecular weight is 605 g/mol. The molecule has 44 heavy (non-hydrogen) atoms. The van der Waals surface area contributed by atoms with Crippen molar-refractivity contribution in [3.05, 3.63) is 23.3 Å². The highest BCUT2D eigenvalue weighted by Crippen LogP contribution is 2.74. The van der Waals surface area contributed by atoms with E-state index < -0.39 is 16.2 Å². The van der Waals surface area contributed by atoms with Crippen LogP contribution in [-0.4, -0.2) is 36.6 Å². The van der Waals surface area contributed by atoms with Crippen LogP contribution in [0.2, 0.25) is 0 Å². The Morgan fingerprint density at radius 1 is 1.02 bits per heavy atom. The van der Waals surface area contributed by atoms with Crippen LogP contribution in [0.25, 0.3) is 0 Å². The van der Waals surface area contributed by atoms with Gasteiger partial charge in [-0.1, -0.05) is 60.1 Å². The largest absolute Gasteiger partial charge is 0.466 e. The number of ketones is 2. The van der Waals surface area contributed by atoms with Crippen molar-refractivity contribution >= 4 is 23.4 Å². The molecule has 0 unspecified atom stereocenters. The highest BCUT2D eigenvalue weighted by molar-refractivity contribution is 6.04. The Morgan fingerprint density at radius 3 is 2.36 bits per heavy atom. The van der Waals surface area contributed by atoms with Gasteiger partial charge in [-0.2, -0.15) is 5.26 Å². The Labute approximate surface area is 263 Å². The van der Waals surface area contributed by atoms with E-state index >= 15 is 0 Å². The first-order valence-electron chi connectivity index (χ1n) is 16.8. The molecule has 0 aromatic rings. The standard InChI is InChI=1S/C37H52N2O5/c1-9-44-28(41)11-10-18-39-31(43)37-16-14-32(2,3)21-24(37)29-25(40)19-27-34(6)20-23(22-38)30(42)33(4,5)26(34)12-13-35(27,7)36(29,8)15-17-37/h19-20,24,26,29H,9-18,21H2,1-8H3,(H,39,43)/t24-,26-,29-,34-,35+,36+,37-/m0/s1. The van der Waals surface area contributed by atoms with E-state index in [9.17, 15) is 24.4 Å². The van der Waals surface area contributed by atoms with Crippen LogP contribution in [0.5, 0.6) is 0 Å². The van der Waals surface area contributed by atoms with Crippen molar-refractivity contribution in [2.45, 2.75) is 113 Å². The van der Waals surface area contributed by atoms with Crippen LogP contribution < -0.4 is 5.32 Å². The van der Waals surface area contributed by atoms with Crippen molar-refractivity contribution < 1.29 is 23.9 Å². The molecule has 1 amide bonds. The molecule has 7 heteroatoms. The zero-order chi connectivity index (χ0) is 32.5. The highest BCUT2D eigenvalue weighted by Gasteiger charge is 2.70. The summed E-state index contributed by atoms with van der Waals surface area (Å²) in [5.74, 6) is -0.585. The van der Waals surface area contributed by atoms with E-state index in [0.717, 1.165) is 50.5 Å². The second-order valence-corrected chi connectivity index (χ2v) is 16.6. The molecule has 5 aliphatic carbocycles. The van der Waals surface area contributed by atoms with Gasteiger partial charge in [-0.3, -0.25) is 19.2 Å². The number of amides is 1. The molecular formula is C37H52N2O5. The Kier molecular flexibility index (Phi) is 7.91. The van der Waals surface area contributed by atoms with Crippen LogP contribution in [0.4, 0.5) is 0 Å². The minimum atomic E-state index is -0.696. The maximum absolute atomic E-state index is 14.6. The van der Waals surface area contributed by atoms with Crippen LogP contribution >= 0.6 is 0 Å². The van der Waals surface area contributed by atoms with Gasteiger partial charge in [-0.25, -0.2) is 0 Å². The molecule has 0 radical (unpaired) electrons. The molecule has 0 aromatic heterocycles. The number of nitrogens with one attached hydrogen (secondary N) is 1. The van der Waals surface area contributed by atoms with E-state index in [1.807, 2.05) is 26.0 Å². The molecule has 7 atom stereocenters. The van der Waals surface area contributed by atoms with Gasteiger partial charge in [0.2, 0.25) is 5.91 Å². The third-order valence-corrected chi connectivity index (χ3v) is 13.5. The number of esters is 1. The average Bonchev–Trinajstić information content (AvgIpc) is 2.94. The predicted octanol–water partition coefficient (Wildman–Crippen LogP) is 6.67. The normalized spacial score (nSPS) is 40.1. The summed E-state index contributed by atoms with van der Waals surface area (Å²) in [7, 11) is 0. The number of nitriles is 1. The van der Waals surface area contributed by atoms with E-state index in [1.165, 1.54) is 0 Å². The highest BCUT2D eigenvalue weighted by atomic mass is 16.5. The number of Topliss-reactive ketones (excluding diaryl/α,β-unsaturated/α-hetero) is 1. The first-order chi connectivity index (χ1) is 20.4. The second-order valence-electron chi connectivity index (χ2n) is 16.6. The smallest absolute Gasteiger partial charge is 0.305 e. The summed E-state index contributed by atoms with van der Waals surface area (Å²) in [6.07, 6.45) is 10.3. The minimum absolute atomic E-state index is 0.00329. The lowest BCUT2D eigenvalue weighted by molar-refractivity contribution is -0.178. The lowest BCUT2D eigenvalue weighted by Crippen LogP contribution is -2.66. The molecule has 0 saturated heterocycles. The molecule has 7 nitrogen and oxygen atoms in total. The van der Waals surface area contributed by atoms with Gasteiger partial charge in [-0.05, 0) is 92.4 Å². The fourth-order valence-corrected chi connectivity index (χ4v) is 10.9. The summed E-state index contributed by atoms with van der Waals surface area (Å²) in [6.45, 7) is 17.8. The van der Waals surface area contributed by atoms with Crippen LogP contribution in [0.1, 0.15) is 113 Å². The van der Waals surface area contributed by atoms with E-state index in [2.05, 4.69) is 46.0 Å². The molecule has 1 N–H and O–H groups in total. The van der Waals surface area contributed by atoms with Crippen molar-refractivity contribution in [3.63, 3.8) is 0 Å². The molecule has 0 aromatic carbocycles. The predicted molar refractivity (Wildman–Crippen MR) is 168 cm³/mol. The zero-order valence-electron chi connectivity index (χ0n) is 28.2. The molecule has 0 heterocycles. The second kappa shape index (κ2) is 10.7. The van der Waals surface area contributed by atoms with Gasteiger partial charge in [-0.15, -0.1) is 0 Å². The van der Waals surface area contributed by atoms with Crippen LogP contribution in [0.15, 0.2) is 23.3 Å². The molecule has 0 bridgehead atoms. The minimum Gasteiger partial charge on any atom is -0.466 e. The van der Waals surface area contributed by atoms with Gasteiger partial charge in [0.25, 0.3) is 0 Å². The van der Waals surface area contributed by atoms with Crippen LogP contribution in [0.3, 0.4) is 0 Å². The third kappa shape index (κ3) is 4.56. The quantitative estimate of drug-likeness (QED) is 0.268. The number of hydrogen-bond donors (Lipinski definition) is 1. The molecule has 0 aliphatic heterocycles. The number of rotatable bonds is 6. The number of fused-ring (bicyclic) bond motifs is 7. The maximum Gasteiger partial charge on any atom is 0.305 e. The Morgan fingerprint density at radius 2 is 1.70 bits per heavy atom. The Balaban J connectivity index is 1.54. The lowest BCUT2D eigenvalue weighted by Gasteiger charge is -2.69. The molecule has 3 fully saturated rings. The van der Waals surface area contributed by atoms with E-state index in [4.69, 9.17) is 4.74 Å². The van der Waals surface area contributed by atoms with Crippen LogP contribution in [0, 0.1) is 61.6 Å². The number of nitrogens with zero attached hydrogens (tertiary/aromatic N) is 1. The van der Waals surface area contributed by atoms with Gasteiger partial charge in [0.15, 0.2) is 11.6 Å². The molecule has 0 spiro atoms. The summed E-state index contributed by atoms with van der Waals surface area (Å²) in [4.78, 5) is 54.0. The fourth-order valence-electron chi connectivity index (χ4n) is 10.9. The first kappa shape index (κ1) is 32.6. The van der Waals surface area contributed by atoms with Gasteiger partial charge in [0.05, 0.1) is 17.6 Å². The Bertz CT molecular complexity index is 1380. The fraction of sp³-hybridized carbons (Fsp3) is 0.757. The topological polar surface area (TPSA) is 113 Å². The van der Waals surface area contributed by atoms with Gasteiger partial charge >= 0.3 is 5.97 Å². The summed E-state index contributed by atoms with van der Waals surface area (Å²) in [5.41, 5.74) is -1.26. The number of hydrogen-bond acceptors (Lipinski definition) is 6. The third-order valence-electron chi connectivity index (χ3n) is 13.5. The van der Waals surface area contributed by atoms with Crippen molar-refractivity contribution in [2.75, 3.05) is 13.2 Å². The molecule has 240 valence electrons. The summed E-state index contributed by atoms with van der Waals surface area (Å²) in [5, 5.41) is 13.1. The van der Waals surface area contributed by atoms with Gasteiger partial charge in [0, 0.05) is 29.7 Å². The zero-order valence-corrected chi connectivity index (χ0v) is 28.2. The molecule has 5 rings (SSSR count). The molecule has 3 saturated carbocycles. The monoisotopic (exact) mass is 604 g/mol. The van der Waals surface area contributed by atoms with Gasteiger partial charge in [0.1, 0.15) is 6.07 Å². The van der Waals surface area contributed by atoms with E-state index in [-0.39, 0.29) is 69.4 Å².